The van der Waals surface area contributed by atoms with E-state index in [4.69, 9.17) is 4.74 Å². The quantitative estimate of drug-likeness (QED) is 0.525. The minimum Gasteiger partial charge on any atom is -0.497 e. The summed E-state index contributed by atoms with van der Waals surface area (Å²) in [4.78, 5) is 2.62. The highest BCUT2D eigenvalue weighted by Gasteiger charge is 2.56. The van der Waals surface area contributed by atoms with Crippen LogP contribution in [0.25, 0.3) is 5.70 Å². The lowest BCUT2D eigenvalue weighted by Gasteiger charge is -2.54. The third kappa shape index (κ3) is 2.79. The number of hydrogen-bond donors (Lipinski definition) is 1. The van der Waals surface area contributed by atoms with E-state index < -0.39 is 0 Å². The Morgan fingerprint density at radius 1 is 0.903 bits per heavy atom. The van der Waals surface area contributed by atoms with Crippen LogP contribution >= 0.6 is 0 Å². The van der Waals surface area contributed by atoms with E-state index >= 15 is 0 Å². The van der Waals surface area contributed by atoms with Crippen molar-refractivity contribution in [3.05, 3.63) is 96.1 Å². The first-order valence-electron chi connectivity index (χ1n) is 11.4. The molecule has 0 bridgehead atoms. The number of methoxy groups -OCH3 is 1. The fourth-order valence-corrected chi connectivity index (χ4v) is 6.07. The van der Waals surface area contributed by atoms with Gasteiger partial charge in [0.05, 0.1) is 18.5 Å². The van der Waals surface area contributed by atoms with Crippen LogP contribution in [0.4, 0.5) is 11.4 Å². The number of anilines is 2. The van der Waals surface area contributed by atoms with Crippen molar-refractivity contribution in [1.82, 2.24) is 0 Å². The Hall–Kier alpha value is -3.20. The topological polar surface area (TPSA) is 24.5 Å². The molecule has 1 N–H and O–H groups in total. The van der Waals surface area contributed by atoms with Gasteiger partial charge in [0.25, 0.3) is 0 Å². The van der Waals surface area contributed by atoms with Gasteiger partial charge < -0.3 is 15.0 Å². The molecule has 0 unspecified atom stereocenters. The van der Waals surface area contributed by atoms with E-state index in [9.17, 15) is 0 Å². The summed E-state index contributed by atoms with van der Waals surface area (Å²) in [5.74, 6) is 1.81. The first kappa shape index (κ1) is 18.6. The van der Waals surface area contributed by atoms with Gasteiger partial charge in [-0.15, -0.1) is 0 Å². The van der Waals surface area contributed by atoms with Gasteiger partial charge in [-0.3, -0.25) is 0 Å². The molecule has 0 radical (unpaired) electrons. The Bertz CT molecular complexity index is 1120. The Labute approximate surface area is 184 Å². The molecule has 1 saturated carbocycles. The molecule has 1 spiro atoms. The van der Waals surface area contributed by atoms with Crippen molar-refractivity contribution >= 4 is 17.1 Å². The Kier molecular flexibility index (Phi) is 4.31. The predicted octanol–water partition coefficient (Wildman–Crippen LogP) is 6.65. The number of benzene rings is 3. The third-order valence-corrected chi connectivity index (χ3v) is 7.41. The van der Waals surface area contributed by atoms with Gasteiger partial charge >= 0.3 is 0 Å². The monoisotopic (exact) mass is 408 g/mol. The molecule has 0 aromatic heterocycles. The normalized spacial score (nSPS) is 26.2. The van der Waals surface area contributed by atoms with Gasteiger partial charge in [-0.2, -0.15) is 0 Å². The zero-order valence-electron chi connectivity index (χ0n) is 17.9. The van der Waals surface area contributed by atoms with Crippen molar-refractivity contribution in [2.24, 2.45) is 5.92 Å². The molecule has 0 amide bonds. The molecule has 31 heavy (non-hydrogen) atoms. The van der Waals surface area contributed by atoms with Crippen molar-refractivity contribution in [3.8, 4) is 5.75 Å². The first-order chi connectivity index (χ1) is 15.3. The lowest BCUT2D eigenvalue weighted by molar-refractivity contribution is 0.198. The Morgan fingerprint density at radius 3 is 2.48 bits per heavy atom. The number of ether oxygens (including phenoxy) is 1. The van der Waals surface area contributed by atoms with Gasteiger partial charge in [0, 0.05) is 17.5 Å². The van der Waals surface area contributed by atoms with Gasteiger partial charge in [-0.05, 0) is 66.8 Å². The smallest absolute Gasteiger partial charge is 0.119 e. The van der Waals surface area contributed by atoms with Crippen LogP contribution in [0.2, 0.25) is 0 Å². The van der Waals surface area contributed by atoms with E-state index in [2.05, 4.69) is 95.2 Å². The number of nitrogens with zero attached hydrogens (tertiary/aromatic N) is 1. The number of fused-ring (bicyclic) bond motifs is 2. The first-order valence-corrected chi connectivity index (χ1v) is 11.4. The third-order valence-electron chi connectivity index (χ3n) is 7.41. The molecular formula is C28H28N2O. The van der Waals surface area contributed by atoms with Crippen LogP contribution in [0.1, 0.15) is 42.7 Å². The van der Waals surface area contributed by atoms with Gasteiger partial charge in [0.2, 0.25) is 0 Å². The van der Waals surface area contributed by atoms with E-state index in [-0.39, 0.29) is 5.66 Å². The van der Waals surface area contributed by atoms with E-state index in [1.165, 1.54) is 47.5 Å². The number of nitrogens with one attached hydrogen (secondary N) is 1. The Balaban J connectivity index is 1.58. The molecule has 2 aliphatic heterocycles. The second-order valence-corrected chi connectivity index (χ2v) is 8.97. The van der Waals surface area contributed by atoms with Gasteiger partial charge in [0.15, 0.2) is 0 Å². The zero-order valence-corrected chi connectivity index (χ0v) is 17.9. The van der Waals surface area contributed by atoms with E-state index in [1.807, 2.05) is 0 Å². The lowest BCUT2D eigenvalue weighted by atomic mass is 9.66. The fraction of sp³-hybridized carbons (Fsp3) is 0.286. The van der Waals surface area contributed by atoms with E-state index in [0.29, 0.717) is 11.8 Å². The van der Waals surface area contributed by atoms with Crippen LogP contribution in [0, 0.1) is 5.92 Å². The average molecular weight is 409 g/mol. The molecule has 2 heterocycles. The SMILES string of the molecule is COc1ccc(C2=C[C@H](c3ccccc3)[C@@H]3CCCC[C@]34Nc3ccccc3N24)cc1. The van der Waals surface area contributed by atoms with Crippen LogP contribution in [0.3, 0.4) is 0 Å². The molecule has 0 saturated heterocycles. The highest BCUT2D eigenvalue weighted by Crippen LogP contribution is 2.58. The lowest BCUT2D eigenvalue weighted by Crippen LogP contribution is -2.60. The maximum absolute atomic E-state index is 5.43. The summed E-state index contributed by atoms with van der Waals surface area (Å²) in [6, 6.07) is 28.4. The van der Waals surface area contributed by atoms with Gasteiger partial charge in [0.1, 0.15) is 11.4 Å². The highest BCUT2D eigenvalue weighted by atomic mass is 16.5. The minimum absolute atomic E-state index is 0.0769. The largest absolute Gasteiger partial charge is 0.497 e. The second kappa shape index (κ2) is 7.19. The summed E-state index contributed by atoms with van der Waals surface area (Å²) in [6.07, 6.45) is 7.47. The Morgan fingerprint density at radius 2 is 1.68 bits per heavy atom. The van der Waals surface area contributed by atoms with Crippen molar-refractivity contribution in [2.75, 3.05) is 17.3 Å². The van der Waals surface area contributed by atoms with Crippen LogP contribution in [0.15, 0.2) is 84.9 Å². The number of hydrogen-bond acceptors (Lipinski definition) is 3. The van der Waals surface area contributed by atoms with Gasteiger partial charge in [-0.1, -0.05) is 55.0 Å². The maximum Gasteiger partial charge on any atom is 0.119 e. The van der Waals surface area contributed by atoms with Crippen LogP contribution in [-0.4, -0.2) is 12.8 Å². The van der Waals surface area contributed by atoms with E-state index in [0.717, 1.165) is 12.2 Å². The van der Waals surface area contributed by atoms with Gasteiger partial charge in [-0.25, -0.2) is 0 Å². The summed E-state index contributed by atoms with van der Waals surface area (Å²) in [7, 11) is 1.72. The number of allylic oxidation sites excluding steroid dienone is 1. The fourth-order valence-electron chi connectivity index (χ4n) is 6.07. The summed E-state index contributed by atoms with van der Waals surface area (Å²) in [5.41, 5.74) is 6.42. The summed E-state index contributed by atoms with van der Waals surface area (Å²) in [5, 5.41) is 4.03. The molecule has 156 valence electrons. The molecule has 6 rings (SSSR count). The molecule has 3 aromatic rings. The van der Waals surface area contributed by atoms with Crippen molar-refractivity contribution < 1.29 is 4.74 Å². The molecule has 3 atom stereocenters. The van der Waals surface area contributed by atoms with Crippen LogP contribution < -0.4 is 15.0 Å². The van der Waals surface area contributed by atoms with Crippen LogP contribution in [-0.2, 0) is 0 Å². The summed E-state index contributed by atoms with van der Waals surface area (Å²) in [6.45, 7) is 0. The highest BCUT2D eigenvalue weighted by molar-refractivity contribution is 5.93. The zero-order chi connectivity index (χ0) is 20.8. The van der Waals surface area contributed by atoms with Crippen molar-refractivity contribution in [1.29, 1.82) is 0 Å². The molecule has 1 fully saturated rings. The molecule has 3 heteroatoms. The average Bonchev–Trinajstić information content (AvgIpc) is 3.17. The molecule has 3 aliphatic rings. The maximum atomic E-state index is 5.43. The number of rotatable bonds is 3. The minimum atomic E-state index is -0.0769. The standard InChI is InChI=1S/C28H28N2O/c1-31-22-16-14-21(15-17-22)27-19-23(20-9-3-2-4-10-20)24-11-7-8-18-28(24)29-25-12-5-6-13-26(25)30(27)28/h2-6,9-10,12-17,19,23-24,29H,7-8,11,18H2,1H3/t23-,24+,28-/m1/s1. The molecular weight excluding hydrogens is 380 g/mol. The molecule has 3 nitrogen and oxygen atoms in total. The second-order valence-electron chi connectivity index (χ2n) is 8.97. The summed E-state index contributed by atoms with van der Waals surface area (Å²) < 4.78 is 5.43. The molecule has 3 aromatic carbocycles. The van der Waals surface area contributed by atoms with E-state index in [1.54, 1.807) is 7.11 Å². The van der Waals surface area contributed by atoms with Crippen molar-refractivity contribution in [3.63, 3.8) is 0 Å². The van der Waals surface area contributed by atoms with Crippen LogP contribution in [0.5, 0.6) is 5.75 Å². The molecule has 1 aliphatic carbocycles. The van der Waals surface area contributed by atoms with Crippen molar-refractivity contribution in [2.45, 2.75) is 37.3 Å². The predicted molar refractivity (Wildman–Crippen MR) is 127 cm³/mol. The summed E-state index contributed by atoms with van der Waals surface area (Å²) >= 11 is 0. The number of para-hydroxylation sites is 2.